The fourth-order valence-corrected chi connectivity index (χ4v) is 2.13. The van der Waals surface area contributed by atoms with Crippen LogP contribution < -0.4 is 5.32 Å². The zero-order chi connectivity index (χ0) is 14.5. The molecule has 0 bridgehead atoms. The van der Waals surface area contributed by atoms with Crippen LogP contribution in [0.4, 0.5) is 13.2 Å². The zero-order valence-corrected chi connectivity index (χ0v) is 10.5. The molecule has 1 heterocycles. The summed E-state index contributed by atoms with van der Waals surface area (Å²) in [6, 6.07) is 3.64. The first kappa shape index (κ1) is 15.7. The van der Waals surface area contributed by atoms with Gasteiger partial charge in [-0.1, -0.05) is 0 Å². The van der Waals surface area contributed by atoms with Crippen LogP contribution in [-0.4, -0.2) is 67.2 Å². The number of nitrogens with one attached hydrogen (secondary N) is 1. The number of rotatable bonds is 4. The second-order valence-electron chi connectivity index (χ2n) is 4.19. The Kier molecular flexibility index (Phi) is 5.51. The van der Waals surface area contributed by atoms with E-state index >= 15 is 0 Å². The minimum atomic E-state index is -4.45. The molecule has 6 nitrogen and oxygen atoms in total. The average molecular weight is 276 g/mol. The van der Waals surface area contributed by atoms with Crippen LogP contribution in [0.5, 0.6) is 0 Å². The maximum atomic E-state index is 13.1. The van der Waals surface area contributed by atoms with Crippen molar-refractivity contribution >= 4 is 0 Å². The minimum absolute atomic E-state index is 0.0206. The van der Waals surface area contributed by atoms with Gasteiger partial charge >= 0.3 is 6.18 Å². The normalized spacial score (nSPS) is 22.9. The van der Waals surface area contributed by atoms with E-state index in [2.05, 4.69) is 5.32 Å². The van der Waals surface area contributed by atoms with Gasteiger partial charge in [-0.05, 0) is 7.05 Å². The summed E-state index contributed by atoms with van der Waals surface area (Å²) >= 11 is 0. The number of nitriles is 2. The quantitative estimate of drug-likeness (QED) is 0.725. The van der Waals surface area contributed by atoms with Crippen molar-refractivity contribution in [3.63, 3.8) is 0 Å². The smallest absolute Gasteiger partial charge is 0.307 e. The largest absolute Gasteiger partial charge is 0.417 e. The monoisotopic (exact) mass is 276 g/mol. The third-order valence-corrected chi connectivity index (χ3v) is 2.68. The number of halogens is 3. The number of hydrogen-bond donors (Lipinski definition) is 1. The molecule has 0 radical (unpaired) electrons. The van der Waals surface area contributed by atoms with Gasteiger partial charge in [0.15, 0.2) is 6.17 Å². The molecule has 1 fully saturated rings. The van der Waals surface area contributed by atoms with E-state index < -0.39 is 12.3 Å². The highest BCUT2D eigenvalue weighted by Crippen LogP contribution is 2.30. The summed E-state index contributed by atoms with van der Waals surface area (Å²) in [6.45, 7) is -0.320. The third-order valence-electron chi connectivity index (χ3n) is 2.68. The van der Waals surface area contributed by atoms with Gasteiger partial charge < -0.3 is 5.32 Å². The molecule has 0 aromatic heterocycles. The summed E-state index contributed by atoms with van der Waals surface area (Å²) < 4.78 is 39.3. The number of alkyl halides is 3. The predicted octanol–water partition coefficient (Wildman–Crippen LogP) is -0.0665. The van der Waals surface area contributed by atoms with Gasteiger partial charge in [0.2, 0.25) is 0 Å². The van der Waals surface area contributed by atoms with Crippen LogP contribution in [0.1, 0.15) is 0 Å². The van der Waals surface area contributed by atoms with Crippen molar-refractivity contribution in [1.82, 2.24) is 20.0 Å². The highest BCUT2D eigenvalue weighted by atomic mass is 19.4. The van der Waals surface area contributed by atoms with Gasteiger partial charge in [0, 0.05) is 0 Å². The highest BCUT2D eigenvalue weighted by molar-refractivity contribution is 4.90. The topological polar surface area (TPSA) is 69.3 Å². The molecule has 0 aliphatic carbocycles. The second-order valence-corrected chi connectivity index (χ2v) is 4.19. The van der Waals surface area contributed by atoms with Crippen molar-refractivity contribution in [2.45, 2.75) is 12.3 Å². The molecule has 0 saturated carbocycles. The lowest BCUT2D eigenvalue weighted by Crippen LogP contribution is -2.67. The standard InChI is InChI=1S/C10H15F3N6/c1-16-6-19-8-17(4-2-14)7-18(5-3-15)9(19)10(11,12)13/h9,16H,4-8H2,1H3. The Morgan fingerprint density at radius 1 is 1.16 bits per heavy atom. The first-order chi connectivity index (χ1) is 8.93. The molecule has 1 N–H and O–H groups in total. The molecule has 9 heteroatoms. The average Bonchev–Trinajstić information content (AvgIpc) is 2.28. The van der Waals surface area contributed by atoms with Crippen LogP contribution in [0, 0.1) is 22.7 Å². The molecule has 0 spiro atoms. The molecule has 0 amide bonds. The molecule has 0 aromatic rings. The van der Waals surface area contributed by atoms with E-state index in [-0.39, 0.29) is 33.1 Å². The van der Waals surface area contributed by atoms with Gasteiger partial charge in [0.25, 0.3) is 0 Å². The summed E-state index contributed by atoms with van der Waals surface area (Å²) in [5.74, 6) is 0. The second kappa shape index (κ2) is 6.68. The Morgan fingerprint density at radius 3 is 2.21 bits per heavy atom. The van der Waals surface area contributed by atoms with Crippen molar-refractivity contribution in [2.75, 3.05) is 40.1 Å². The van der Waals surface area contributed by atoms with Crippen molar-refractivity contribution in [1.29, 1.82) is 10.5 Å². The number of hydrogen-bond acceptors (Lipinski definition) is 6. The first-order valence-corrected chi connectivity index (χ1v) is 5.59. The van der Waals surface area contributed by atoms with Crippen LogP contribution in [0.3, 0.4) is 0 Å². The minimum Gasteiger partial charge on any atom is -0.307 e. The Balaban J connectivity index is 2.94. The fourth-order valence-electron chi connectivity index (χ4n) is 2.13. The Hall–Kier alpha value is -1.39. The van der Waals surface area contributed by atoms with E-state index in [1.807, 2.05) is 6.07 Å². The molecule has 1 aliphatic rings. The molecule has 1 aliphatic heterocycles. The maximum Gasteiger partial charge on any atom is 0.417 e. The van der Waals surface area contributed by atoms with Crippen molar-refractivity contribution in [3.05, 3.63) is 0 Å². The Bertz CT molecular complexity index is 371. The molecule has 1 saturated heterocycles. The van der Waals surface area contributed by atoms with Crippen molar-refractivity contribution < 1.29 is 13.2 Å². The summed E-state index contributed by atoms with van der Waals surface area (Å²) in [4.78, 5) is 3.72. The molecule has 1 atom stereocenters. The predicted molar refractivity (Wildman–Crippen MR) is 60.0 cm³/mol. The summed E-state index contributed by atoms with van der Waals surface area (Å²) in [5, 5.41) is 20.0. The maximum absolute atomic E-state index is 13.1. The van der Waals surface area contributed by atoms with Crippen LogP contribution in [0.25, 0.3) is 0 Å². The zero-order valence-electron chi connectivity index (χ0n) is 10.5. The van der Waals surface area contributed by atoms with Gasteiger partial charge in [0.1, 0.15) is 0 Å². The Labute approximate surface area is 109 Å². The summed E-state index contributed by atoms with van der Waals surface area (Å²) in [7, 11) is 1.55. The van der Waals surface area contributed by atoms with E-state index in [1.54, 1.807) is 18.0 Å². The van der Waals surface area contributed by atoms with E-state index in [1.165, 1.54) is 0 Å². The van der Waals surface area contributed by atoms with Gasteiger partial charge in [-0.2, -0.15) is 23.7 Å². The molecular formula is C10H15F3N6. The van der Waals surface area contributed by atoms with E-state index in [9.17, 15) is 13.2 Å². The molecule has 106 valence electrons. The van der Waals surface area contributed by atoms with Gasteiger partial charge in [-0.3, -0.25) is 14.7 Å². The van der Waals surface area contributed by atoms with Crippen molar-refractivity contribution in [2.24, 2.45) is 0 Å². The molecule has 1 rings (SSSR count). The van der Waals surface area contributed by atoms with Gasteiger partial charge in [-0.15, -0.1) is 0 Å². The molecule has 0 aromatic carbocycles. The van der Waals surface area contributed by atoms with Gasteiger partial charge in [0.05, 0.1) is 45.2 Å². The third kappa shape index (κ3) is 4.04. The van der Waals surface area contributed by atoms with Crippen LogP contribution in [-0.2, 0) is 0 Å². The lowest BCUT2D eigenvalue weighted by Gasteiger charge is -2.47. The Morgan fingerprint density at radius 2 is 1.74 bits per heavy atom. The first-order valence-electron chi connectivity index (χ1n) is 5.59. The van der Waals surface area contributed by atoms with Crippen LogP contribution in [0.2, 0.25) is 0 Å². The molecule has 1 unspecified atom stereocenters. The molecule has 19 heavy (non-hydrogen) atoms. The van der Waals surface area contributed by atoms with Crippen LogP contribution >= 0.6 is 0 Å². The lowest BCUT2D eigenvalue weighted by atomic mass is 10.3. The summed E-state index contributed by atoms with van der Waals surface area (Å²) in [5.41, 5.74) is 0. The van der Waals surface area contributed by atoms with Crippen molar-refractivity contribution in [3.8, 4) is 12.1 Å². The lowest BCUT2D eigenvalue weighted by molar-refractivity contribution is -0.252. The fraction of sp³-hybridized carbons (Fsp3) is 0.800. The van der Waals surface area contributed by atoms with Crippen LogP contribution in [0.15, 0.2) is 0 Å². The number of nitrogens with zero attached hydrogens (tertiary/aromatic N) is 5. The SMILES string of the molecule is CNCN1CN(CC#N)CN(CC#N)C1C(F)(F)F. The molecular weight excluding hydrogens is 261 g/mol. The highest BCUT2D eigenvalue weighted by Gasteiger charge is 2.50. The van der Waals surface area contributed by atoms with E-state index in [0.29, 0.717) is 0 Å². The summed E-state index contributed by atoms with van der Waals surface area (Å²) in [6.07, 6.45) is -6.26. The van der Waals surface area contributed by atoms with E-state index in [0.717, 1.165) is 9.80 Å². The van der Waals surface area contributed by atoms with E-state index in [4.69, 9.17) is 10.5 Å². The van der Waals surface area contributed by atoms with Gasteiger partial charge in [-0.25, -0.2) is 0 Å².